The molecule has 3 rings (SSSR count). The molecule has 0 fully saturated rings. The molecule has 2 N–H and O–H groups in total. The van der Waals surface area contributed by atoms with Crippen LogP contribution >= 0.6 is 0 Å². The third kappa shape index (κ3) is 1.96. The van der Waals surface area contributed by atoms with Gasteiger partial charge in [-0.25, -0.2) is 4.98 Å². The zero-order chi connectivity index (χ0) is 14.3. The predicted molar refractivity (Wildman–Crippen MR) is 81.0 cm³/mol. The highest BCUT2D eigenvalue weighted by Gasteiger charge is 2.19. The average Bonchev–Trinajstić information content (AvgIpc) is 3.01. The first-order valence-electron chi connectivity index (χ1n) is 7.24. The van der Waals surface area contributed by atoms with Gasteiger partial charge in [0.2, 0.25) is 0 Å². The number of nitrogen functional groups attached to an aromatic ring is 1. The third-order valence-electron chi connectivity index (χ3n) is 3.82. The van der Waals surface area contributed by atoms with Crippen molar-refractivity contribution in [3.63, 3.8) is 0 Å². The van der Waals surface area contributed by atoms with E-state index in [1.807, 2.05) is 12.1 Å². The summed E-state index contributed by atoms with van der Waals surface area (Å²) in [6.45, 7) is 7.16. The molecule has 2 aromatic rings. The van der Waals surface area contributed by atoms with Crippen molar-refractivity contribution in [1.29, 1.82) is 0 Å². The van der Waals surface area contributed by atoms with Crippen molar-refractivity contribution in [3.8, 4) is 17.0 Å². The van der Waals surface area contributed by atoms with Crippen LogP contribution in [0.2, 0.25) is 0 Å². The summed E-state index contributed by atoms with van der Waals surface area (Å²) in [5.41, 5.74) is 9.55. The summed E-state index contributed by atoms with van der Waals surface area (Å²) >= 11 is 0. The minimum absolute atomic E-state index is 0.323. The molecule has 4 nitrogen and oxygen atoms in total. The van der Waals surface area contributed by atoms with Gasteiger partial charge in [0.1, 0.15) is 23.1 Å². The summed E-state index contributed by atoms with van der Waals surface area (Å²) in [5.74, 6) is 2.80. The van der Waals surface area contributed by atoms with Gasteiger partial charge in [0, 0.05) is 24.4 Å². The van der Waals surface area contributed by atoms with Crippen molar-refractivity contribution in [2.24, 2.45) is 0 Å². The summed E-state index contributed by atoms with van der Waals surface area (Å²) < 4.78 is 7.68. The highest BCUT2D eigenvalue weighted by Crippen LogP contribution is 2.34. The van der Waals surface area contributed by atoms with Crippen LogP contribution < -0.4 is 10.5 Å². The van der Waals surface area contributed by atoms with E-state index in [1.165, 1.54) is 5.56 Å². The predicted octanol–water partition coefficient (Wildman–Crippen LogP) is 3.21. The molecule has 0 aliphatic carbocycles. The highest BCUT2D eigenvalue weighted by atomic mass is 16.5. The molecule has 2 heterocycles. The number of benzene rings is 1. The van der Waals surface area contributed by atoms with Gasteiger partial charge in [-0.1, -0.05) is 6.92 Å². The molecule has 4 heteroatoms. The van der Waals surface area contributed by atoms with Crippen LogP contribution in [0.5, 0.6) is 5.75 Å². The molecule has 0 saturated carbocycles. The van der Waals surface area contributed by atoms with E-state index < -0.39 is 0 Å². The Kier molecular flexibility index (Phi) is 3.16. The Labute approximate surface area is 119 Å². The largest absolute Gasteiger partial charge is 0.493 e. The second kappa shape index (κ2) is 4.85. The molecule has 1 aliphatic rings. The molecule has 0 saturated heterocycles. The topological polar surface area (TPSA) is 53.1 Å². The Morgan fingerprint density at radius 3 is 2.85 bits per heavy atom. The van der Waals surface area contributed by atoms with Crippen molar-refractivity contribution < 1.29 is 4.74 Å². The zero-order valence-electron chi connectivity index (χ0n) is 12.3. The molecule has 0 spiro atoms. The summed E-state index contributed by atoms with van der Waals surface area (Å²) in [4.78, 5) is 4.74. The molecule has 0 bridgehead atoms. The first-order valence-corrected chi connectivity index (χ1v) is 7.24. The third-order valence-corrected chi connectivity index (χ3v) is 3.82. The van der Waals surface area contributed by atoms with Gasteiger partial charge in [-0.05, 0) is 37.6 Å². The van der Waals surface area contributed by atoms with Crippen molar-refractivity contribution in [1.82, 2.24) is 9.55 Å². The fourth-order valence-corrected chi connectivity index (χ4v) is 2.87. The minimum atomic E-state index is 0.323. The Bertz CT molecular complexity index is 643. The van der Waals surface area contributed by atoms with Crippen LogP contribution in [0, 0.1) is 0 Å². The summed E-state index contributed by atoms with van der Waals surface area (Å²) in [5, 5.41) is 0. The van der Waals surface area contributed by atoms with Crippen molar-refractivity contribution in [2.45, 2.75) is 39.7 Å². The summed E-state index contributed by atoms with van der Waals surface area (Å²) in [6.07, 6.45) is 1.85. The normalized spacial score (nSPS) is 13.6. The van der Waals surface area contributed by atoms with Crippen LogP contribution in [-0.2, 0) is 12.8 Å². The van der Waals surface area contributed by atoms with Crippen LogP contribution in [0.1, 0.15) is 38.2 Å². The Morgan fingerprint density at radius 2 is 2.20 bits per heavy atom. The van der Waals surface area contributed by atoms with E-state index in [0.29, 0.717) is 6.04 Å². The lowest BCUT2D eigenvalue weighted by atomic mass is 10.1. The van der Waals surface area contributed by atoms with Crippen molar-refractivity contribution in [3.05, 3.63) is 29.6 Å². The van der Waals surface area contributed by atoms with Crippen molar-refractivity contribution >= 4 is 5.82 Å². The number of aromatic nitrogens is 2. The number of hydrogen-bond donors (Lipinski definition) is 1. The molecule has 0 atom stereocenters. The summed E-state index contributed by atoms with van der Waals surface area (Å²) in [6, 6.07) is 6.55. The lowest BCUT2D eigenvalue weighted by molar-refractivity contribution is 0.357. The highest BCUT2D eigenvalue weighted by molar-refractivity contribution is 5.72. The molecule has 1 aromatic carbocycles. The number of hydrogen-bond acceptors (Lipinski definition) is 3. The second-order valence-corrected chi connectivity index (χ2v) is 5.50. The van der Waals surface area contributed by atoms with E-state index >= 15 is 0 Å². The lowest BCUT2D eigenvalue weighted by Crippen LogP contribution is -2.08. The van der Waals surface area contributed by atoms with E-state index in [9.17, 15) is 0 Å². The first kappa shape index (κ1) is 13.0. The minimum Gasteiger partial charge on any atom is -0.493 e. The van der Waals surface area contributed by atoms with Crippen LogP contribution in [0.15, 0.2) is 18.2 Å². The Balaban J connectivity index is 2.10. The number of aryl methyl sites for hydroxylation is 1. The van der Waals surface area contributed by atoms with Crippen LogP contribution in [-0.4, -0.2) is 16.2 Å². The number of rotatable bonds is 3. The number of imidazole rings is 1. The molecule has 0 amide bonds. The molecule has 106 valence electrons. The molecular weight excluding hydrogens is 250 g/mol. The van der Waals surface area contributed by atoms with E-state index in [2.05, 4.69) is 31.4 Å². The Morgan fingerprint density at radius 1 is 1.40 bits per heavy atom. The molecule has 0 unspecified atom stereocenters. The van der Waals surface area contributed by atoms with Gasteiger partial charge < -0.3 is 15.0 Å². The SMILES string of the molecule is CCc1nc(-c2ccc3c(c2)CCO3)c(N)n1C(C)C. The zero-order valence-corrected chi connectivity index (χ0v) is 12.3. The number of nitrogens with two attached hydrogens (primary N) is 1. The van der Waals surface area contributed by atoms with Crippen LogP contribution in [0.25, 0.3) is 11.3 Å². The maximum absolute atomic E-state index is 6.33. The monoisotopic (exact) mass is 271 g/mol. The van der Waals surface area contributed by atoms with Gasteiger partial charge in [0.15, 0.2) is 0 Å². The molecule has 0 radical (unpaired) electrons. The van der Waals surface area contributed by atoms with Gasteiger partial charge in [0.05, 0.1) is 6.61 Å². The maximum atomic E-state index is 6.33. The van der Waals surface area contributed by atoms with Gasteiger partial charge >= 0.3 is 0 Å². The molecular formula is C16H21N3O. The Hall–Kier alpha value is -1.97. The maximum Gasteiger partial charge on any atom is 0.131 e. The van der Waals surface area contributed by atoms with E-state index in [0.717, 1.165) is 48.1 Å². The van der Waals surface area contributed by atoms with Gasteiger partial charge in [-0.2, -0.15) is 0 Å². The lowest BCUT2D eigenvalue weighted by Gasteiger charge is -2.12. The first-order chi connectivity index (χ1) is 9.61. The van der Waals surface area contributed by atoms with Crippen molar-refractivity contribution in [2.75, 3.05) is 12.3 Å². The number of fused-ring (bicyclic) bond motifs is 1. The fourth-order valence-electron chi connectivity index (χ4n) is 2.87. The standard InChI is InChI=1S/C16H21N3O/c1-4-14-18-15(16(17)19(14)10(2)3)12-5-6-13-11(9-12)7-8-20-13/h5-6,9-10H,4,7-8,17H2,1-3H3. The molecule has 1 aromatic heterocycles. The van der Waals surface area contributed by atoms with Gasteiger partial charge in [0.25, 0.3) is 0 Å². The fraction of sp³-hybridized carbons (Fsp3) is 0.438. The number of nitrogens with zero attached hydrogens (tertiary/aromatic N) is 2. The van der Waals surface area contributed by atoms with Gasteiger partial charge in [-0.15, -0.1) is 0 Å². The van der Waals surface area contributed by atoms with E-state index in [1.54, 1.807) is 0 Å². The van der Waals surface area contributed by atoms with Crippen LogP contribution in [0.3, 0.4) is 0 Å². The smallest absolute Gasteiger partial charge is 0.131 e. The molecule has 1 aliphatic heterocycles. The number of ether oxygens (including phenoxy) is 1. The molecule has 20 heavy (non-hydrogen) atoms. The van der Waals surface area contributed by atoms with E-state index in [4.69, 9.17) is 15.5 Å². The quantitative estimate of drug-likeness (QED) is 0.932. The van der Waals surface area contributed by atoms with Crippen LogP contribution in [0.4, 0.5) is 5.82 Å². The second-order valence-electron chi connectivity index (χ2n) is 5.50. The van der Waals surface area contributed by atoms with Gasteiger partial charge in [-0.3, -0.25) is 0 Å². The van der Waals surface area contributed by atoms with E-state index in [-0.39, 0.29) is 0 Å². The number of anilines is 1. The summed E-state index contributed by atoms with van der Waals surface area (Å²) in [7, 11) is 0. The average molecular weight is 271 g/mol.